The smallest absolute Gasteiger partial charge is 0.374 e. The van der Waals surface area contributed by atoms with Crippen LogP contribution >= 0.6 is 0 Å². The van der Waals surface area contributed by atoms with Gasteiger partial charge >= 0.3 is 6.18 Å². The minimum Gasteiger partial charge on any atom is -0.374 e. The third kappa shape index (κ3) is 5.55. The summed E-state index contributed by atoms with van der Waals surface area (Å²) in [5, 5.41) is 0. The fourth-order valence-corrected chi connectivity index (χ4v) is 3.21. The van der Waals surface area contributed by atoms with Crippen LogP contribution < -0.4 is 4.72 Å². The number of alkyl halides is 3. The summed E-state index contributed by atoms with van der Waals surface area (Å²) in [6, 6.07) is 10.6. The first-order valence-corrected chi connectivity index (χ1v) is 9.43. The molecule has 0 saturated carbocycles. The molecule has 0 aliphatic rings. The highest BCUT2D eigenvalue weighted by molar-refractivity contribution is 7.89. The Hall–Kier alpha value is -1.90. The molecule has 0 bridgehead atoms. The van der Waals surface area contributed by atoms with E-state index in [0.717, 1.165) is 35.4 Å². The number of nitrogens with one attached hydrogen (secondary N) is 1. The van der Waals surface area contributed by atoms with Gasteiger partial charge in [-0.1, -0.05) is 24.3 Å². The maximum atomic E-state index is 12.6. The zero-order chi connectivity index (χ0) is 19.4. The molecule has 0 aliphatic heterocycles. The molecule has 0 atom stereocenters. The van der Waals surface area contributed by atoms with E-state index in [4.69, 9.17) is 4.74 Å². The predicted molar refractivity (Wildman–Crippen MR) is 91.8 cm³/mol. The van der Waals surface area contributed by atoms with Crippen molar-refractivity contribution in [2.24, 2.45) is 0 Å². The Bertz CT molecular complexity index is 832. The highest BCUT2D eigenvalue weighted by atomic mass is 32.2. The van der Waals surface area contributed by atoms with Gasteiger partial charge in [-0.3, -0.25) is 0 Å². The number of benzene rings is 2. The van der Waals surface area contributed by atoms with E-state index in [0.29, 0.717) is 6.61 Å². The standard InChI is InChI=1S/C18H20F3NO3S/c1-13(2)25-12-15-6-4-3-5-14(15)11-22-26(23,24)17-9-7-16(8-10-17)18(19,20)21/h3-10,13,22H,11-12H2,1-2H3. The largest absolute Gasteiger partial charge is 0.416 e. The molecule has 2 rings (SSSR count). The predicted octanol–water partition coefficient (Wildman–Crippen LogP) is 4.11. The highest BCUT2D eigenvalue weighted by Gasteiger charge is 2.30. The number of halogens is 3. The SMILES string of the molecule is CC(C)OCc1ccccc1CNS(=O)(=O)c1ccc(C(F)(F)F)cc1. The number of hydrogen-bond acceptors (Lipinski definition) is 3. The quantitative estimate of drug-likeness (QED) is 0.778. The zero-order valence-electron chi connectivity index (χ0n) is 14.4. The number of sulfonamides is 1. The second-order valence-electron chi connectivity index (χ2n) is 5.98. The molecule has 0 unspecified atom stereocenters. The van der Waals surface area contributed by atoms with Crippen molar-refractivity contribution in [1.82, 2.24) is 4.72 Å². The lowest BCUT2D eigenvalue weighted by Crippen LogP contribution is -2.24. The van der Waals surface area contributed by atoms with Crippen molar-refractivity contribution >= 4 is 10.0 Å². The van der Waals surface area contributed by atoms with Crippen molar-refractivity contribution in [1.29, 1.82) is 0 Å². The highest BCUT2D eigenvalue weighted by Crippen LogP contribution is 2.29. The minimum atomic E-state index is -4.51. The second kappa shape index (κ2) is 8.20. The van der Waals surface area contributed by atoms with E-state index in [-0.39, 0.29) is 17.5 Å². The van der Waals surface area contributed by atoms with E-state index in [9.17, 15) is 21.6 Å². The summed E-state index contributed by atoms with van der Waals surface area (Å²) in [5.74, 6) is 0. The first-order chi connectivity index (χ1) is 12.1. The van der Waals surface area contributed by atoms with E-state index in [1.165, 1.54) is 0 Å². The molecule has 2 aromatic carbocycles. The minimum absolute atomic E-state index is 0.0149. The van der Waals surface area contributed by atoms with Crippen LogP contribution in [0.4, 0.5) is 13.2 Å². The number of hydrogen-bond donors (Lipinski definition) is 1. The van der Waals surface area contributed by atoms with Crippen molar-refractivity contribution in [3.05, 3.63) is 65.2 Å². The van der Waals surface area contributed by atoms with Gasteiger partial charge in [0.1, 0.15) is 0 Å². The van der Waals surface area contributed by atoms with Gasteiger partial charge in [0.2, 0.25) is 10.0 Å². The molecule has 0 spiro atoms. The van der Waals surface area contributed by atoms with Gasteiger partial charge in [0.15, 0.2) is 0 Å². The topological polar surface area (TPSA) is 55.4 Å². The summed E-state index contributed by atoms with van der Waals surface area (Å²) in [4.78, 5) is -0.221. The lowest BCUT2D eigenvalue weighted by atomic mass is 10.1. The summed E-state index contributed by atoms with van der Waals surface area (Å²) in [5.41, 5.74) is 0.688. The van der Waals surface area contributed by atoms with Crippen molar-refractivity contribution in [2.75, 3.05) is 0 Å². The average Bonchev–Trinajstić information content (AvgIpc) is 2.58. The Kier molecular flexibility index (Phi) is 6.44. The van der Waals surface area contributed by atoms with Gasteiger partial charge < -0.3 is 4.74 Å². The third-order valence-corrected chi connectivity index (χ3v) is 5.05. The maximum Gasteiger partial charge on any atom is 0.416 e. The molecule has 0 radical (unpaired) electrons. The van der Waals surface area contributed by atoms with Crippen LogP contribution in [0.1, 0.15) is 30.5 Å². The molecule has 0 aromatic heterocycles. The number of ether oxygens (including phenoxy) is 1. The van der Waals surface area contributed by atoms with Crippen LogP contribution in [0.3, 0.4) is 0 Å². The summed E-state index contributed by atoms with van der Waals surface area (Å²) >= 11 is 0. The van der Waals surface area contributed by atoms with Crippen molar-refractivity contribution in [3.63, 3.8) is 0 Å². The molecular weight excluding hydrogens is 367 g/mol. The summed E-state index contributed by atoms with van der Waals surface area (Å²) in [6.07, 6.45) is -4.47. The normalized spacial score (nSPS) is 12.5. The molecule has 4 nitrogen and oxygen atoms in total. The van der Waals surface area contributed by atoms with E-state index in [1.54, 1.807) is 12.1 Å². The van der Waals surface area contributed by atoms with Gasteiger partial charge in [0, 0.05) is 6.54 Å². The van der Waals surface area contributed by atoms with E-state index in [1.807, 2.05) is 26.0 Å². The van der Waals surface area contributed by atoms with Crippen LogP contribution in [0.25, 0.3) is 0 Å². The van der Waals surface area contributed by atoms with Crippen LogP contribution in [0.2, 0.25) is 0 Å². The summed E-state index contributed by atoms with van der Waals surface area (Å²) in [7, 11) is -3.93. The van der Waals surface area contributed by atoms with Crippen LogP contribution in [0.15, 0.2) is 53.4 Å². The molecule has 26 heavy (non-hydrogen) atoms. The Balaban J connectivity index is 2.11. The van der Waals surface area contributed by atoms with E-state index < -0.39 is 21.8 Å². The van der Waals surface area contributed by atoms with Crippen LogP contribution in [0, 0.1) is 0 Å². The van der Waals surface area contributed by atoms with Gasteiger partial charge in [0.05, 0.1) is 23.2 Å². The molecule has 2 aromatic rings. The van der Waals surface area contributed by atoms with Gasteiger partial charge in [-0.2, -0.15) is 13.2 Å². The molecular formula is C18H20F3NO3S. The van der Waals surface area contributed by atoms with Crippen LogP contribution in [-0.4, -0.2) is 14.5 Å². The first-order valence-electron chi connectivity index (χ1n) is 7.95. The molecule has 8 heteroatoms. The van der Waals surface area contributed by atoms with Crippen LogP contribution in [-0.2, 0) is 34.1 Å². The van der Waals surface area contributed by atoms with Crippen molar-refractivity contribution < 1.29 is 26.3 Å². The van der Waals surface area contributed by atoms with E-state index >= 15 is 0 Å². The maximum absolute atomic E-state index is 12.6. The fraction of sp³-hybridized carbons (Fsp3) is 0.333. The summed E-state index contributed by atoms with van der Waals surface area (Å²) in [6.45, 7) is 4.16. The Morgan fingerprint density at radius 3 is 2.12 bits per heavy atom. The zero-order valence-corrected chi connectivity index (χ0v) is 15.2. The monoisotopic (exact) mass is 387 g/mol. The fourth-order valence-electron chi connectivity index (χ4n) is 2.21. The van der Waals surface area contributed by atoms with Crippen molar-refractivity contribution in [3.8, 4) is 0 Å². The lowest BCUT2D eigenvalue weighted by Gasteiger charge is -2.13. The molecule has 0 heterocycles. The van der Waals surface area contributed by atoms with Gasteiger partial charge in [-0.15, -0.1) is 0 Å². The Morgan fingerprint density at radius 2 is 1.58 bits per heavy atom. The third-order valence-electron chi connectivity index (χ3n) is 3.64. The number of rotatable bonds is 7. The van der Waals surface area contributed by atoms with Gasteiger partial charge in [-0.25, -0.2) is 13.1 Å². The van der Waals surface area contributed by atoms with Gasteiger partial charge in [-0.05, 0) is 49.2 Å². The van der Waals surface area contributed by atoms with Gasteiger partial charge in [0.25, 0.3) is 0 Å². The molecule has 0 aliphatic carbocycles. The first kappa shape index (κ1) is 20.4. The Morgan fingerprint density at radius 1 is 1.00 bits per heavy atom. The average molecular weight is 387 g/mol. The summed E-state index contributed by atoms with van der Waals surface area (Å²) < 4.78 is 70.3. The molecule has 0 fully saturated rings. The molecule has 142 valence electrons. The van der Waals surface area contributed by atoms with Crippen LogP contribution in [0.5, 0.6) is 0 Å². The molecule has 0 amide bonds. The molecule has 0 saturated heterocycles. The lowest BCUT2D eigenvalue weighted by molar-refractivity contribution is -0.137. The molecule has 1 N–H and O–H groups in total. The van der Waals surface area contributed by atoms with Crippen molar-refractivity contribution in [2.45, 2.75) is 44.2 Å². The Labute approximate surface area is 151 Å². The van der Waals surface area contributed by atoms with E-state index in [2.05, 4.69) is 4.72 Å². The second-order valence-corrected chi connectivity index (χ2v) is 7.74.